The highest BCUT2D eigenvalue weighted by molar-refractivity contribution is 5.77. The summed E-state index contributed by atoms with van der Waals surface area (Å²) < 4.78 is 81.0. The molecule has 2 heterocycles. The number of rotatable bonds is 3. The Hall–Kier alpha value is -2.00. The fourth-order valence-electron chi connectivity index (χ4n) is 2.23. The number of carbonyl (C=O) groups excluding carboxylic acids is 1. The average Bonchev–Trinajstić information content (AvgIpc) is 2.74. The Morgan fingerprint density at radius 2 is 1.96 bits per heavy atom. The molecule has 10 heteroatoms. The van der Waals surface area contributed by atoms with Gasteiger partial charge in [-0.15, -0.1) is 0 Å². The molecule has 1 aromatic rings. The van der Waals surface area contributed by atoms with Gasteiger partial charge < -0.3 is 4.74 Å². The van der Waals surface area contributed by atoms with E-state index in [1.165, 1.54) is 13.0 Å². The number of aryl methyl sites for hydroxylation is 1. The van der Waals surface area contributed by atoms with Crippen molar-refractivity contribution in [3.8, 4) is 0 Å². The van der Waals surface area contributed by atoms with Gasteiger partial charge in [-0.05, 0) is 24.6 Å². The highest BCUT2D eigenvalue weighted by Gasteiger charge is 2.40. The van der Waals surface area contributed by atoms with Crippen LogP contribution < -0.4 is 0 Å². The van der Waals surface area contributed by atoms with E-state index in [4.69, 9.17) is 0 Å². The Kier molecular flexibility index (Phi) is 4.45. The molecule has 0 saturated carbocycles. The van der Waals surface area contributed by atoms with Gasteiger partial charge in [-0.3, -0.25) is 9.48 Å². The van der Waals surface area contributed by atoms with Crippen LogP contribution >= 0.6 is 0 Å². The molecular weight excluding hydrogens is 330 g/mol. The topological polar surface area (TPSA) is 44.1 Å². The number of aromatic nitrogens is 2. The number of hydrogen-bond donors (Lipinski definition) is 0. The summed E-state index contributed by atoms with van der Waals surface area (Å²) in [5.74, 6) is -2.61. The minimum absolute atomic E-state index is 0.0403. The summed E-state index contributed by atoms with van der Waals surface area (Å²) in [6, 6.07) is 0.792. The van der Waals surface area contributed by atoms with Crippen LogP contribution in [-0.4, -0.2) is 28.5 Å². The van der Waals surface area contributed by atoms with Crippen molar-refractivity contribution in [3.05, 3.63) is 29.1 Å². The largest absolute Gasteiger partial charge is 0.461 e. The van der Waals surface area contributed by atoms with Crippen LogP contribution in [0.25, 0.3) is 0 Å². The van der Waals surface area contributed by atoms with E-state index < -0.39 is 36.4 Å². The zero-order chi connectivity index (χ0) is 17.4. The Bertz CT molecular complexity index is 629. The number of hydrogen-bond acceptors (Lipinski definition) is 3. The summed E-state index contributed by atoms with van der Waals surface area (Å²) in [4.78, 5) is 11.5. The lowest BCUT2D eigenvalue weighted by molar-refractivity contribution is -0.165. The van der Waals surface area contributed by atoms with Crippen molar-refractivity contribution in [2.75, 3.05) is 6.61 Å². The first-order valence-electron chi connectivity index (χ1n) is 6.51. The second kappa shape index (κ2) is 5.89. The Morgan fingerprint density at radius 1 is 1.30 bits per heavy atom. The Morgan fingerprint density at radius 3 is 2.48 bits per heavy atom. The van der Waals surface area contributed by atoms with Crippen molar-refractivity contribution in [1.29, 1.82) is 0 Å². The number of nitrogens with zero attached hydrogens (tertiary/aromatic N) is 2. The number of carbonyl (C=O) groups is 1. The van der Waals surface area contributed by atoms with Gasteiger partial charge in [0.05, 0.1) is 18.9 Å². The zero-order valence-electron chi connectivity index (χ0n) is 11.8. The molecule has 0 radical (unpaired) electrons. The standard InChI is InChI=1S/C13H12F6N2O2/c1-7-4-10(13(17,18)19)20-21(7)6-8-2-3-23-11(22)9(8)5-12(14,15)16/h2,4,9H,3,5-6H2,1H3. The normalized spacial score (nSPS) is 19.5. The van der Waals surface area contributed by atoms with E-state index in [2.05, 4.69) is 9.84 Å². The molecule has 0 aromatic carbocycles. The average molecular weight is 342 g/mol. The molecule has 1 unspecified atom stereocenters. The van der Waals surface area contributed by atoms with Crippen LogP contribution in [-0.2, 0) is 22.3 Å². The molecule has 0 aliphatic carbocycles. The fourth-order valence-corrected chi connectivity index (χ4v) is 2.23. The smallest absolute Gasteiger partial charge is 0.435 e. The number of esters is 1. The molecule has 1 atom stereocenters. The van der Waals surface area contributed by atoms with E-state index in [0.717, 1.165) is 10.7 Å². The molecule has 128 valence electrons. The molecule has 0 saturated heterocycles. The minimum Gasteiger partial charge on any atom is -0.461 e. The van der Waals surface area contributed by atoms with Crippen molar-refractivity contribution in [3.63, 3.8) is 0 Å². The maximum Gasteiger partial charge on any atom is 0.435 e. The predicted molar refractivity (Wildman–Crippen MR) is 65.2 cm³/mol. The molecule has 1 aliphatic heterocycles. The molecule has 4 nitrogen and oxygen atoms in total. The van der Waals surface area contributed by atoms with Crippen molar-refractivity contribution < 1.29 is 35.9 Å². The van der Waals surface area contributed by atoms with Gasteiger partial charge in [-0.25, -0.2) is 0 Å². The predicted octanol–water partition coefficient (Wildman–Crippen LogP) is 3.26. The van der Waals surface area contributed by atoms with E-state index in [1.54, 1.807) is 0 Å². The molecule has 0 N–H and O–H groups in total. The van der Waals surface area contributed by atoms with E-state index in [0.29, 0.717) is 0 Å². The summed E-state index contributed by atoms with van der Waals surface area (Å²) in [5.41, 5.74) is -0.970. The summed E-state index contributed by atoms with van der Waals surface area (Å²) in [6.45, 7) is 0.801. The van der Waals surface area contributed by atoms with Gasteiger partial charge in [0.1, 0.15) is 6.61 Å². The van der Waals surface area contributed by atoms with E-state index in [1.807, 2.05) is 0 Å². The summed E-state index contributed by atoms with van der Waals surface area (Å²) in [6.07, 6.45) is -9.41. The summed E-state index contributed by atoms with van der Waals surface area (Å²) in [5, 5.41) is 3.35. The second-order valence-corrected chi connectivity index (χ2v) is 5.11. The van der Waals surface area contributed by atoms with Crippen LogP contribution in [0.4, 0.5) is 26.3 Å². The number of cyclic esters (lactones) is 1. The summed E-state index contributed by atoms with van der Waals surface area (Å²) >= 11 is 0. The highest BCUT2D eigenvalue weighted by Crippen LogP contribution is 2.33. The van der Waals surface area contributed by atoms with Gasteiger partial charge in [0.25, 0.3) is 0 Å². The van der Waals surface area contributed by atoms with Crippen molar-refractivity contribution in [2.45, 2.75) is 32.2 Å². The SMILES string of the molecule is Cc1cc(C(F)(F)F)nn1CC1=CCOC(=O)C1CC(F)(F)F. The van der Waals surface area contributed by atoms with Crippen LogP contribution in [0.15, 0.2) is 17.7 Å². The third-order valence-electron chi connectivity index (χ3n) is 3.34. The third kappa shape index (κ3) is 4.26. The van der Waals surface area contributed by atoms with Gasteiger partial charge in [0.15, 0.2) is 5.69 Å². The Balaban J connectivity index is 2.25. The van der Waals surface area contributed by atoms with Crippen LogP contribution in [0.2, 0.25) is 0 Å². The second-order valence-electron chi connectivity index (χ2n) is 5.11. The van der Waals surface area contributed by atoms with Crippen LogP contribution in [0.5, 0.6) is 0 Å². The van der Waals surface area contributed by atoms with Crippen molar-refractivity contribution in [2.24, 2.45) is 5.92 Å². The van der Waals surface area contributed by atoms with Crippen LogP contribution in [0.3, 0.4) is 0 Å². The zero-order valence-corrected chi connectivity index (χ0v) is 11.8. The van der Waals surface area contributed by atoms with E-state index in [9.17, 15) is 31.1 Å². The van der Waals surface area contributed by atoms with Crippen LogP contribution in [0, 0.1) is 12.8 Å². The summed E-state index contributed by atoms with van der Waals surface area (Å²) in [7, 11) is 0. The molecule has 0 fully saturated rings. The first kappa shape index (κ1) is 17.4. The van der Waals surface area contributed by atoms with Gasteiger partial charge in [0.2, 0.25) is 0 Å². The number of halogens is 6. The lowest BCUT2D eigenvalue weighted by atomic mass is 9.93. The molecule has 1 aliphatic rings. The number of alkyl halides is 6. The lowest BCUT2D eigenvalue weighted by Gasteiger charge is -2.24. The lowest BCUT2D eigenvalue weighted by Crippen LogP contribution is -2.31. The quantitative estimate of drug-likeness (QED) is 0.481. The van der Waals surface area contributed by atoms with Gasteiger partial charge in [-0.2, -0.15) is 31.4 Å². The molecule has 0 bridgehead atoms. The van der Waals surface area contributed by atoms with E-state index in [-0.39, 0.29) is 24.4 Å². The fraction of sp³-hybridized carbons (Fsp3) is 0.538. The van der Waals surface area contributed by atoms with Crippen LogP contribution in [0.1, 0.15) is 17.8 Å². The first-order valence-corrected chi connectivity index (χ1v) is 6.51. The maximum absolute atomic E-state index is 12.6. The van der Waals surface area contributed by atoms with Crippen molar-refractivity contribution >= 4 is 5.97 Å². The monoisotopic (exact) mass is 342 g/mol. The third-order valence-corrected chi connectivity index (χ3v) is 3.34. The Labute approximate surface area is 126 Å². The van der Waals surface area contributed by atoms with Gasteiger partial charge in [0, 0.05) is 5.69 Å². The van der Waals surface area contributed by atoms with Gasteiger partial charge >= 0.3 is 18.3 Å². The molecule has 0 amide bonds. The number of ether oxygens (including phenoxy) is 1. The highest BCUT2D eigenvalue weighted by atomic mass is 19.4. The molecule has 0 spiro atoms. The molecule has 2 rings (SSSR count). The van der Waals surface area contributed by atoms with Crippen molar-refractivity contribution in [1.82, 2.24) is 9.78 Å². The molecular formula is C13H12F6N2O2. The van der Waals surface area contributed by atoms with Gasteiger partial charge in [-0.1, -0.05) is 0 Å². The minimum atomic E-state index is -4.65. The first-order chi connectivity index (χ1) is 10.5. The molecule has 1 aromatic heterocycles. The van der Waals surface area contributed by atoms with E-state index >= 15 is 0 Å². The molecule has 23 heavy (non-hydrogen) atoms. The maximum atomic E-state index is 12.6.